The topological polar surface area (TPSA) is 101 Å². The van der Waals surface area contributed by atoms with E-state index in [0.29, 0.717) is 5.82 Å². The Bertz CT molecular complexity index is 1410. The molecule has 1 aliphatic rings. The average molecular weight is 445 g/mol. The second-order valence-corrected chi connectivity index (χ2v) is 9.47. The van der Waals surface area contributed by atoms with Crippen LogP contribution in [0.3, 0.4) is 0 Å². The molecule has 5 heterocycles. The summed E-state index contributed by atoms with van der Waals surface area (Å²) in [6.45, 7) is 5.49. The minimum atomic E-state index is 0.451. The van der Waals surface area contributed by atoms with Gasteiger partial charge < -0.3 is 5.73 Å². The van der Waals surface area contributed by atoms with E-state index in [1.54, 1.807) is 17.4 Å². The number of aromatic nitrogens is 6. The molecule has 1 fully saturated rings. The second kappa shape index (κ2) is 7.68. The summed E-state index contributed by atoms with van der Waals surface area (Å²) in [6, 6.07) is 9.85. The molecule has 1 aliphatic heterocycles. The number of imidazole rings is 1. The maximum atomic E-state index is 6.02. The Hall–Kier alpha value is -3.30. The summed E-state index contributed by atoms with van der Waals surface area (Å²) >= 11 is 1.63. The molecule has 32 heavy (non-hydrogen) atoms. The maximum Gasteiger partial charge on any atom is 0.155 e. The highest BCUT2D eigenvalue weighted by Gasteiger charge is 2.22. The van der Waals surface area contributed by atoms with Crippen molar-refractivity contribution in [1.82, 2.24) is 34.7 Å². The van der Waals surface area contributed by atoms with E-state index in [4.69, 9.17) is 15.7 Å². The number of nitrogens with zero attached hydrogens (tertiary/aromatic N) is 6. The molecule has 0 radical (unpaired) electrons. The first kappa shape index (κ1) is 19.4. The lowest BCUT2D eigenvalue weighted by Gasteiger charge is -2.29. The van der Waals surface area contributed by atoms with Gasteiger partial charge in [0.05, 0.1) is 17.4 Å². The van der Waals surface area contributed by atoms with Gasteiger partial charge in [-0.15, -0.1) is 16.4 Å². The fourth-order valence-corrected chi connectivity index (χ4v) is 5.21. The maximum absolute atomic E-state index is 6.02. The minimum absolute atomic E-state index is 0.451. The van der Waals surface area contributed by atoms with Gasteiger partial charge in [0.2, 0.25) is 0 Å². The molecule has 0 spiro atoms. The van der Waals surface area contributed by atoms with E-state index >= 15 is 0 Å². The van der Waals surface area contributed by atoms with Crippen molar-refractivity contribution >= 4 is 33.7 Å². The van der Waals surface area contributed by atoms with Crippen molar-refractivity contribution in [2.75, 3.05) is 18.8 Å². The van der Waals surface area contributed by atoms with Crippen LogP contribution in [0.2, 0.25) is 0 Å². The average Bonchev–Trinajstić information content (AvgIpc) is 3.52. The lowest BCUT2D eigenvalue weighted by molar-refractivity contribution is 0.184. The zero-order valence-corrected chi connectivity index (χ0v) is 18.6. The molecule has 0 aliphatic carbocycles. The fourth-order valence-electron chi connectivity index (χ4n) is 4.37. The number of H-pyrrole nitrogens is 1. The van der Waals surface area contributed by atoms with E-state index in [9.17, 15) is 0 Å². The summed E-state index contributed by atoms with van der Waals surface area (Å²) in [4.78, 5) is 12.4. The number of fused-ring (bicyclic) bond motifs is 2. The fraction of sp³-hybridized carbons (Fsp3) is 0.304. The molecule has 0 atom stereocenters. The number of hydrogen-bond donors (Lipinski definition) is 2. The van der Waals surface area contributed by atoms with Crippen LogP contribution in [-0.2, 0) is 6.54 Å². The number of aromatic amines is 1. The van der Waals surface area contributed by atoms with Crippen molar-refractivity contribution in [1.29, 1.82) is 0 Å². The van der Waals surface area contributed by atoms with Crippen molar-refractivity contribution < 1.29 is 0 Å². The van der Waals surface area contributed by atoms with Crippen LogP contribution in [0.5, 0.6) is 0 Å². The smallest absolute Gasteiger partial charge is 0.155 e. The number of hydrogen-bond acceptors (Lipinski definition) is 7. The molecule has 9 heteroatoms. The Balaban J connectivity index is 1.43. The van der Waals surface area contributed by atoms with Crippen LogP contribution in [0, 0.1) is 5.92 Å². The van der Waals surface area contributed by atoms with Crippen LogP contribution >= 0.6 is 11.3 Å². The molecular weight excluding hydrogens is 420 g/mol. The molecule has 5 aromatic rings. The molecule has 6 rings (SSSR count). The molecule has 1 aromatic carbocycles. The molecule has 8 nitrogen and oxygen atoms in total. The number of benzene rings is 1. The summed E-state index contributed by atoms with van der Waals surface area (Å²) < 4.78 is 1.81. The molecule has 162 valence electrons. The number of nitrogens with one attached hydrogen (secondary N) is 1. The predicted octanol–water partition coefficient (Wildman–Crippen LogP) is 4.21. The summed E-state index contributed by atoms with van der Waals surface area (Å²) in [5.41, 5.74) is 11.6. The van der Waals surface area contributed by atoms with Gasteiger partial charge in [-0.25, -0.2) is 14.5 Å². The van der Waals surface area contributed by atoms with Crippen LogP contribution in [0.4, 0.5) is 5.82 Å². The normalized spacial score (nSPS) is 15.8. The molecule has 0 bridgehead atoms. The molecule has 0 saturated carbocycles. The molecule has 4 aromatic heterocycles. The zero-order chi connectivity index (χ0) is 21.7. The molecular formula is C23H24N8S. The number of anilines is 1. The van der Waals surface area contributed by atoms with Gasteiger partial charge >= 0.3 is 0 Å². The van der Waals surface area contributed by atoms with Crippen molar-refractivity contribution in [2.24, 2.45) is 5.92 Å². The first-order chi connectivity index (χ1) is 15.6. The van der Waals surface area contributed by atoms with Crippen molar-refractivity contribution in [3.63, 3.8) is 0 Å². The van der Waals surface area contributed by atoms with Gasteiger partial charge in [0.25, 0.3) is 0 Å². The molecule has 0 unspecified atom stereocenters. The summed E-state index contributed by atoms with van der Waals surface area (Å²) in [5.74, 6) is 1.27. The zero-order valence-electron chi connectivity index (χ0n) is 17.8. The Kier molecular flexibility index (Phi) is 4.65. The third-order valence-corrected chi connectivity index (χ3v) is 7.13. The Morgan fingerprint density at radius 1 is 1.16 bits per heavy atom. The van der Waals surface area contributed by atoms with Gasteiger partial charge in [-0.3, -0.25) is 10.00 Å². The standard InChI is InChI=1S/C23H24N8S/c1-14-6-8-30(9-7-14)12-17-13-32-23(26-17)22-21(27-20-5-4-19(24)29-31(20)22)15-2-3-18-16(10-15)11-25-28-18/h2-5,10-11,13-14H,6-9,12H2,1H3,(H2,24,29)(H,25,28). The highest BCUT2D eigenvalue weighted by Crippen LogP contribution is 2.35. The van der Waals surface area contributed by atoms with Gasteiger partial charge in [0, 0.05) is 22.9 Å². The third kappa shape index (κ3) is 3.43. The van der Waals surface area contributed by atoms with Crippen LogP contribution in [-0.4, -0.2) is 47.8 Å². The lowest BCUT2D eigenvalue weighted by atomic mass is 9.99. The largest absolute Gasteiger partial charge is 0.382 e. The van der Waals surface area contributed by atoms with Crippen molar-refractivity contribution in [2.45, 2.75) is 26.3 Å². The van der Waals surface area contributed by atoms with Gasteiger partial charge in [0.1, 0.15) is 22.2 Å². The van der Waals surface area contributed by atoms with Gasteiger partial charge in [-0.05, 0) is 56.1 Å². The summed E-state index contributed by atoms with van der Waals surface area (Å²) in [6.07, 6.45) is 4.34. The van der Waals surface area contributed by atoms with Crippen LogP contribution in [0.15, 0.2) is 41.9 Å². The van der Waals surface area contributed by atoms with Crippen LogP contribution in [0.25, 0.3) is 38.5 Å². The Labute approximate surface area is 189 Å². The van der Waals surface area contributed by atoms with E-state index in [1.807, 2.05) is 22.8 Å². The lowest BCUT2D eigenvalue weighted by Crippen LogP contribution is -2.32. The number of rotatable bonds is 4. The van der Waals surface area contributed by atoms with Crippen LogP contribution < -0.4 is 5.73 Å². The number of nitrogen functional groups attached to an aromatic ring is 1. The first-order valence-corrected chi connectivity index (χ1v) is 11.8. The van der Waals surface area contributed by atoms with Crippen LogP contribution in [0.1, 0.15) is 25.5 Å². The number of piperidine rings is 1. The monoisotopic (exact) mass is 444 g/mol. The predicted molar refractivity (Wildman–Crippen MR) is 127 cm³/mol. The van der Waals surface area contributed by atoms with Gasteiger partial charge in [-0.1, -0.05) is 13.0 Å². The molecule has 3 N–H and O–H groups in total. The van der Waals surface area contributed by atoms with E-state index in [0.717, 1.165) is 69.8 Å². The number of likely N-dealkylation sites (tertiary alicyclic amines) is 1. The summed E-state index contributed by atoms with van der Waals surface area (Å²) in [7, 11) is 0. The van der Waals surface area contributed by atoms with E-state index in [2.05, 4.69) is 44.6 Å². The first-order valence-electron chi connectivity index (χ1n) is 10.9. The number of nitrogens with two attached hydrogens (primary N) is 1. The van der Waals surface area contributed by atoms with Crippen molar-refractivity contribution in [3.05, 3.63) is 47.6 Å². The van der Waals surface area contributed by atoms with E-state index in [1.165, 1.54) is 12.8 Å². The van der Waals surface area contributed by atoms with E-state index in [-0.39, 0.29) is 0 Å². The highest BCUT2D eigenvalue weighted by atomic mass is 32.1. The van der Waals surface area contributed by atoms with Crippen molar-refractivity contribution in [3.8, 4) is 22.0 Å². The SMILES string of the molecule is CC1CCN(Cc2csc(-c3c(-c4ccc5[nH]ncc5c4)nc4ccc(N)nn34)n2)CC1. The number of thiazole rings is 1. The third-order valence-electron chi connectivity index (χ3n) is 6.23. The molecule has 1 saturated heterocycles. The minimum Gasteiger partial charge on any atom is -0.382 e. The highest BCUT2D eigenvalue weighted by molar-refractivity contribution is 7.13. The van der Waals surface area contributed by atoms with E-state index < -0.39 is 0 Å². The Morgan fingerprint density at radius 3 is 2.91 bits per heavy atom. The summed E-state index contributed by atoms with van der Waals surface area (Å²) in [5, 5.41) is 15.8. The quantitative estimate of drug-likeness (QED) is 0.431. The van der Waals surface area contributed by atoms with Gasteiger partial charge in [0.15, 0.2) is 5.65 Å². The Morgan fingerprint density at radius 2 is 2.03 bits per heavy atom. The van der Waals surface area contributed by atoms with Gasteiger partial charge in [-0.2, -0.15) is 5.10 Å². The molecule has 0 amide bonds. The second-order valence-electron chi connectivity index (χ2n) is 8.61.